The number of nitrogens with two attached hydrogens (primary N) is 1. The lowest BCUT2D eigenvalue weighted by molar-refractivity contribution is -0.137. The molecular weight excluding hydrogens is 272 g/mol. The standard InChI is InChI=1S/C15H28N2O4/c1-15(2,3)10(4-5-13(18)19)6-7-17-14(20)11-8-21-9-12(11)16/h10-12H,4-9,16H2,1-3H3,(H,17,20)(H,18,19). The predicted octanol–water partition coefficient (Wildman–Crippen LogP) is 0.994. The van der Waals surface area contributed by atoms with Crippen molar-refractivity contribution in [1.82, 2.24) is 5.32 Å². The minimum atomic E-state index is -0.776. The second kappa shape index (κ2) is 7.75. The first-order valence-corrected chi connectivity index (χ1v) is 7.54. The fourth-order valence-electron chi connectivity index (χ4n) is 2.65. The zero-order valence-corrected chi connectivity index (χ0v) is 13.2. The van der Waals surface area contributed by atoms with Gasteiger partial charge >= 0.3 is 5.97 Å². The van der Waals surface area contributed by atoms with Crippen LogP contribution >= 0.6 is 0 Å². The van der Waals surface area contributed by atoms with E-state index in [1.165, 1.54) is 0 Å². The van der Waals surface area contributed by atoms with Gasteiger partial charge in [-0.3, -0.25) is 9.59 Å². The summed E-state index contributed by atoms with van der Waals surface area (Å²) >= 11 is 0. The number of aliphatic carboxylic acids is 1. The molecule has 1 aliphatic rings. The zero-order valence-electron chi connectivity index (χ0n) is 13.2. The Bertz CT molecular complexity index is 365. The number of rotatable bonds is 7. The minimum absolute atomic E-state index is 0.0209. The number of hydrogen-bond donors (Lipinski definition) is 3. The third-order valence-corrected chi connectivity index (χ3v) is 4.18. The molecule has 0 aromatic carbocycles. The Morgan fingerprint density at radius 1 is 1.33 bits per heavy atom. The lowest BCUT2D eigenvalue weighted by Crippen LogP contribution is -2.41. The first-order chi connectivity index (χ1) is 9.71. The molecule has 3 unspecified atom stereocenters. The topological polar surface area (TPSA) is 102 Å². The molecule has 0 aromatic heterocycles. The summed E-state index contributed by atoms with van der Waals surface area (Å²) in [6.45, 7) is 7.66. The Hall–Kier alpha value is -1.14. The van der Waals surface area contributed by atoms with Crippen LogP contribution in [-0.4, -0.2) is 42.8 Å². The Labute approximate surface area is 126 Å². The molecule has 0 aliphatic carbocycles. The third kappa shape index (κ3) is 6.01. The molecule has 0 spiro atoms. The Morgan fingerprint density at radius 3 is 2.48 bits per heavy atom. The van der Waals surface area contributed by atoms with E-state index in [4.69, 9.17) is 15.6 Å². The van der Waals surface area contributed by atoms with E-state index in [2.05, 4.69) is 26.1 Å². The predicted molar refractivity (Wildman–Crippen MR) is 79.7 cm³/mol. The van der Waals surface area contributed by atoms with Gasteiger partial charge in [0.15, 0.2) is 0 Å². The van der Waals surface area contributed by atoms with Crippen LogP contribution in [0.1, 0.15) is 40.0 Å². The Kier molecular flexibility index (Phi) is 6.61. The highest BCUT2D eigenvalue weighted by atomic mass is 16.5. The van der Waals surface area contributed by atoms with Crippen molar-refractivity contribution < 1.29 is 19.4 Å². The van der Waals surface area contributed by atoms with Crippen LogP contribution < -0.4 is 11.1 Å². The van der Waals surface area contributed by atoms with Crippen LogP contribution in [0.15, 0.2) is 0 Å². The van der Waals surface area contributed by atoms with Crippen molar-refractivity contribution in [3.63, 3.8) is 0 Å². The summed E-state index contributed by atoms with van der Waals surface area (Å²) in [5.74, 6) is -0.854. The first-order valence-electron chi connectivity index (χ1n) is 7.54. The Balaban J connectivity index is 2.38. The number of carboxylic acid groups (broad SMARTS) is 1. The molecule has 1 fully saturated rings. The molecule has 6 heteroatoms. The lowest BCUT2D eigenvalue weighted by atomic mass is 9.76. The lowest BCUT2D eigenvalue weighted by Gasteiger charge is -2.30. The van der Waals surface area contributed by atoms with Crippen molar-refractivity contribution in [2.45, 2.75) is 46.1 Å². The van der Waals surface area contributed by atoms with Gasteiger partial charge in [-0.1, -0.05) is 20.8 Å². The van der Waals surface area contributed by atoms with E-state index >= 15 is 0 Å². The van der Waals surface area contributed by atoms with Crippen LogP contribution in [0, 0.1) is 17.3 Å². The number of amides is 1. The third-order valence-electron chi connectivity index (χ3n) is 4.18. The van der Waals surface area contributed by atoms with Crippen molar-refractivity contribution in [2.75, 3.05) is 19.8 Å². The van der Waals surface area contributed by atoms with Crippen LogP contribution in [0.4, 0.5) is 0 Å². The molecule has 1 rings (SSSR count). The molecule has 1 saturated heterocycles. The normalized spacial score (nSPS) is 23.8. The number of hydrogen-bond acceptors (Lipinski definition) is 4. The van der Waals surface area contributed by atoms with E-state index in [9.17, 15) is 9.59 Å². The van der Waals surface area contributed by atoms with Crippen LogP contribution in [0.25, 0.3) is 0 Å². The van der Waals surface area contributed by atoms with E-state index in [1.54, 1.807) is 0 Å². The highest BCUT2D eigenvalue weighted by molar-refractivity contribution is 5.79. The van der Waals surface area contributed by atoms with Crippen molar-refractivity contribution in [2.24, 2.45) is 23.0 Å². The van der Waals surface area contributed by atoms with Gasteiger partial charge in [-0.2, -0.15) is 0 Å². The van der Waals surface area contributed by atoms with Crippen molar-refractivity contribution in [3.05, 3.63) is 0 Å². The summed E-state index contributed by atoms with van der Waals surface area (Å²) in [6.07, 6.45) is 1.56. The molecule has 0 bridgehead atoms. The molecular formula is C15H28N2O4. The van der Waals surface area contributed by atoms with Gasteiger partial charge in [-0.25, -0.2) is 0 Å². The number of carboxylic acids is 1. The molecule has 1 aliphatic heterocycles. The smallest absolute Gasteiger partial charge is 0.303 e. The van der Waals surface area contributed by atoms with Gasteiger partial charge in [-0.15, -0.1) is 0 Å². The van der Waals surface area contributed by atoms with E-state index < -0.39 is 5.97 Å². The summed E-state index contributed by atoms with van der Waals surface area (Å²) in [5.41, 5.74) is 5.83. The van der Waals surface area contributed by atoms with Crippen LogP contribution in [-0.2, 0) is 14.3 Å². The van der Waals surface area contributed by atoms with Gasteiger partial charge in [-0.05, 0) is 24.2 Å². The second-order valence-corrected chi connectivity index (χ2v) is 6.88. The maximum absolute atomic E-state index is 12.0. The maximum atomic E-state index is 12.0. The molecule has 1 amide bonds. The molecule has 1 heterocycles. The molecule has 0 saturated carbocycles. The molecule has 122 valence electrons. The van der Waals surface area contributed by atoms with Gasteiger partial charge < -0.3 is 20.9 Å². The van der Waals surface area contributed by atoms with Crippen LogP contribution in [0.3, 0.4) is 0 Å². The largest absolute Gasteiger partial charge is 0.481 e. The fourth-order valence-corrected chi connectivity index (χ4v) is 2.65. The molecule has 3 atom stereocenters. The number of carbonyl (C=O) groups is 2. The fraction of sp³-hybridized carbons (Fsp3) is 0.867. The summed E-state index contributed by atoms with van der Waals surface area (Å²) in [6, 6.07) is -0.226. The van der Waals surface area contributed by atoms with E-state index in [0.29, 0.717) is 26.2 Å². The highest BCUT2D eigenvalue weighted by Crippen LogP contribution is 2.32. The average molecular weight is 300 g/mol. The molecule has 0 radical (unpaired) electrons. The summed E-state index contributed by atoms with van der Waals surface area (Å²) in [5, 5.41) is 11.7. The molecule has 6 nitrogen and oxygen atoms in total. The maximum Gasteiger partial charge on any atom is 0.303 e. The first kappa shape index (κ1) is 17.9. The monoisotopic (exact) mass is 300 g/mol. The van der Waals surface area contributed by atoms with Crippen LogP contribution in [0.5, 0.6) is 0 Å². The zero-order chi connectivity index (χ0) is 16.0. The van der Waals surface area contributed by atoms with Gasteiger partial charge in [0.1, 0.15) is 0 Å². The van der Waals surface area contributed by atoms with Gasteiger partial charge in [0.05, 0.1) is 19.1 Å². The van der Waals surface area contributed by atoms with Crippen molar-refractivity contribution >= 4 is 11.9 Å². The number of ether oxygens (including phenoxy) is 1. The SMILES string of the molecule is CC(C)(C)C(CCNC(=O)C1COCC1N)CCC(=O)O. The van der Waals surface area contributed by atoms with Crippen molar-refractivity contribution in [1.29, 1.82) is 0 Å². The average Bonchev–Trinajstić information content (AvgIpc) is 2.77. The highest BCUT2D eigenvalue weighted by Gasteiger charge is 2.31. The van der Waals surface area contributed by atoms with E-state index in [1.807, 2.05) is 0 Å². The van der Waals surface area contributed by atoms with Crippen LogP contribution in [0.2, 0.25) is 0 Å². The quantitative estimate of drug-likeness (QED) is 0.651. The summed E-state index contributed by atoms with van der Waals surface area (Å²) in [4.78, 5) is 22.7. The number of carbonyl (C=O) groups excluding carboxylic acids is 1. The summed E-state index contributed by atoms with van der Waals surface area (Å²) < 4.78 is 5.19. The molecule has 21 heavy (non-hydrogen) atoms. The van der Waals surface area contributed by atoms with E-state index in [-0.39, 0.29) is 35.6 Å². The Morgan fingerprint density at radius 2 is 2.00 bits per heavy atom. The second-order valence-electron chi connectivity index (χ2n) is 6.88. The van der Waals surface area contributed by atoms with Crippen molar-refractivity contribution in [3.8, 4) is 0 Å². The molecule has 0 aromatic rings. The molecule has 4 N–H and O–H groups in total. The van der Waals surface area contributed by atoms with E-state index in [0.717, 1.165) is 6.42 Å². The summed E-state index contributed by atoms with van der Waals surface area (Å²) in [7, 11) is 0. The minimum Gasteiger partial charge on any atom is -0.481 e. The van der Waals surface area contributed by atoms with Gasteiger partial charge in [0, 0.05) is 19.0 Å². The number of nitrogens with one attached hydrogen (secondary N) is 1. The van der Waals surface area contributed by atoms with Gasteiger partial charge in [0.25, 0.3) is 0 Å². The van der Waals surface area contributed by atoms with Gasteiger partial charge in [0.2, 0.25) is 5.91 Å².